The Hall–Kier alpha value is -1.49. The molecule has 0 aromatic heterocycles. The van der Waals surface area contributed by atoms with Gasteiger partial charge < -0.3 is 0 Å². The highest BCUT2D eigenvalue weighted by Gasteiger charge is 2.20. The maximum absolute atomic E-state index is 13.1. The van der Waals surface area contributed by atoms with Gasteiger partial charge in [-0.3, -0.25) is 9.63 Å². The van der Waals surface area contributed by atoms with E-state index >= 15 is 0 Å². The van der Waals surface area contributed by atoms with Crippen molar-refractivity contribution in [3.05, 3.63) is 35.4 Å². The Bertz CT molecular complexity index is 334. The number of hydroxylamine groups is 2. The molecule has 0 spiro atoms. The van der Waals surface area contributed by atoms with E-state index in [2.05, 4.69) is 4.84 Å². The highest BCUT2D eigenvalue weighted by molar-refractivity contribution is 5.93. The van der Waals surface area contributed by atoms with E-state index < -0.39 is 23.1 Å². The largest absolute Gasteiger partial charge is 0.283 e. The molecule has 1 aromatic rings. The molecule has 0 saturated carbocycles. The quantitative estimate of drug-likeness (QED) is 0.680. The highest BCUT2D eigenvalue weighted by Crippen LogP contribution is 2.13. The van der Waals surface area contributed by atoms with Crippen LogP contribution in [0.4, 0.5) is 8.78 Å². The predicted molar refractivity (Wildman–Crippen MR) is 45.5 cm³/mol. The minimum Gasteiger partial charge on any atom is -0.274 e. The summed E-state index contributed by atoms with van der Waals surface area (Å²) in [5.74, 6) is -2.67. The fraction of sp³-hybridized carbons (Fsp3) is 0.222. The van der Waals surface area contributed by atoms with E-state index in [1.54, 1.807) is 0 Å². The van der Waals surface area contributed by atoms with Gasteiger partial charge in [0.1, 0.15) is 17.2 Å². The highest BCUT2D eigenvalue weighted by atomic mass is 19.1. The van der Waals surface area contributed by atoms with Crippen molar-refractivity contribution in [3.8, 4) is 0 Å². The van der Waals surface area contributed by atoms with E-state index in [-0.39, 0.29) is 0 Å². The predicted octanol–water partition coefficient (Wildman–Crippen LogP) is 1.60. The van der Waals surface area contributed by atoms with Gasteiger partial charge in [-0.05, 0) is 12.1 Å². The summed E-state index contributed by atoms with van der Waals surface area (Å²) in [6, 6.07) is 3.22. The Balaban J connectivity index is 3.12. The summed E-state index contributed by atoms with van der Waals surface area (Å²) in [4.78, 5) is 15.9. The Morgan fingerprint density at radius 1 is 1.36 bits per heavy atom. The minimum absolute atomic E-state index is 0.614. The number of benzene rings is 1. The van der Waals surface area contributed by atoms with Gasteiger partial charge in [-0.2, -0.15) is 0 Å². The molecule has 0 saturated heterocycles. The number of carbonyl (C=O) groups is 1. The Morgan fingerprint density at radius 2 is 1.86 bits per heavy atom. The standard InChI is InChI=1S/C9H9F2NO2/c1-12(14-2)9(13)8-6(10)4-3-5-7(8)11/h3-5H,1-2H3. The molecular formula is C9H9F2NO2. The van der Waals surface area contributed by atoms with E-state index in [1.165, 1.54) is 20.2 Å². The second-order valence-corrected chi connectivity index (χ2v) is 2.58. The molecule has 0 radical (unpaired) electrons. The van der Waals surface area contributed by atoms with Crippen LogP contribution in [0.2, 0.25) is 0 Å². The number of hydrogen-bond acceptors (Lipinski definition) is 2. The molecular weight excluding hydrogens is 192 g/mol. The van der Waals surface area contributed by atoms with Crippen molar-refractivity contribution >= 4 is 5.91 Å². The van der Waals surface area contributed by atoms with Crippen LogP contribution in [0.15, 0.2) is 18.2 Å². The fourth-order valence-corrected chi connectivity index (χ4v) is 0.942. The van der Waals surface area contributed by atoms with Gasteiger partial charge in [0.25, 0.3) is 5.91 Å². The zero-order valence-electron chi connectivity index (χ0n) is 7.75. The van der Waals surface area contributed by atoms with Gasteiger partial charge in [0.05, 0.1) is 7.11 Å². The van der Waals surface area contributed by atoms with Gasteiger partial charge in [-0.25, -0.2) is 13.8 Å². The van der Waals surface area contributed by atoms with Gasteiger partial charge in [-0.15, -0.1) is 0 Å². The van der Waals surface area contributed by atoms with Crippen LogP contribution in [0, 0.1) is 11.6 Å². The van der Waals surface area contributed by atoms with Crippen LogP contribution in [-0.2, 0) is 4.84 Å². The van der Waals surface area contributed by atoms with E-state index in [1.807, 2.05) is 0 Å². The molecule has 3 nitrogen and oxygen atoms in total. The molecule has 0 aliphatic heterocycles. The molecule has 0 unspecified atom stereocenters. The first-order chi connectivity index (χ1) is 6.57. The maximum Gasteiger partial charge on any atom is 0.283 e. The van der Waals surface area contributed by atoms with Crippen molar-refractivity contribution in [2.24, 2.45) is 0 Å². The number of nitrogens with zero attached hydrogens (tertiary/aromatic N) is 1. The Kier molecular flexibility index (Phi) is 3.14. The topological polar surface area (TPSA) is 29.5 Å². The second-order valence-electron chi connectivity index (χ2n) is 2.58. The third-order valence-corrected chi connectivity index (χ3v) is 1.74. The van der Waals surface area contributed by atoms with E-state index in [0.717, 1.165) is 17.2 Å². The zero-order valence-corrected chi connectivity index (χ0v) is 7.75. The van der Waals surface area contributed by atoms with Gasteiger partial charge in [0.15, 0.2) is 0 Å². The van der Waals surface area contributed by atoms with Crippen molar-refractivity contribution in [2.75, 3.05) is 14.2 Å². The molecule has 0 aliphatic rings. The average molecular weight is 201 g/mol. The number of halogens is 2. The molecule has 1 amide bonds. The molecule has 5 heteroatoms. The number of carbonyl (C=O) groups excluding carboxylic acids is 1. The van der Waals surface area contributed by atoms with Crippen molar-refractivity contribution in [2.45, 2.75) is 0 Å². The molecule has 14 heavy (non-hydrogen) atoms. The molecule has 0 N–H and O–H groups in total. The lowest BCUT2D eigenvalue weighted by Crippen LogP contribution is -2.27. The smallest absolute Gasteiger partial charge is 0.274 e. The Labute approximate surface area is 79.8 Å². The molecule has 0 fully saturated rings. The van der Waals surface area contributed by atoms with Crippen molar-refractivity contribution in [1.82, 2.24) is 5.06 Å². The molecule has 0 bridgehead atoms. The SMILES string of the molecule is CON(C)C(=O)c1c(F)cccc1F. The summed E-state index contributed by atoms with van der Waals surface area (Å²) in [5.41, 5.74) is -0.614. The van der Waals surface area contributed by atoms with Crippen LogP contribution in [0.5, 0.6) is 0 Å². The normalized spacial score (nSPS) is 10.0. The van der Waals surface area contributed by atoms with Crippen LogP contribution < -0.4 is 0 Å². The summed E-state index contributed by atoms with van der Waals surface area (Å²) in [6.07, 6.45) is 0. The summed E-state index contributed by atoms with van der Waals surface area (Å²) in [5, 5.41) is 0.751. The zero-order chi connectivity index (χ0) is 10.7. The first-order valence-electron chi connectivity index (χ1n) is 3.84. The number of hydrogen-bond donors (Lipinski definition) is 0. The van der Waals surface area contributed by atoms with Gasteiger partial charge in [-0.1, -0.05) is 6.07 Å². The summed E-state index contributed by atoms with van der Waals surface area (Å²) in [6.45, 7) is 0. The van der Waals surface area contributed by atoms with Crippen LogP contribution in [0.25, 0.3) is 0 Å². The molecule has 1 rings (SSSR count). The Morgan fingerprint density at radius 3 is 2.29 bits per heavy atom. The molecule has 1 aromatic carbocycles. The average Bonchev–Trinajstić information content (AvgIpc) is 2.16. The summed E-state index contributed by atoms with van der Waals surface area (Å²) in [7, 11) is 2.50. The molecule has 0 atom stereocenters. The van der Waals surface area contributed by atoms with Gasteiger partial charge in [0, 0.05) is 7.05 Å². The van der Waals surface area contributed by atoms with E-state index in [0.29, 0.717) is 0 Å². The fourth-order valence-electron chi connectivity index (χ4n) is 0.942. The third-order valence-electron chi connectivity index (χ3n) is 1.74. The first-order valence-corrected chi connectivity index (χ1v) is 3.84. The van der Waals surface area contributed by atoms with Crippen LogP contribution >= 0.6 is 0 Å². The molecule has 76 valence electrons. The van der Waals surface area contributed by atoms with Crippen molar-refractivity contribution in [3.63, 3.8) is 0 Å². The van der Waals surface area contributed by atoms with Crippen LogP contribution in [0.1, 0.15) is 10.4 Å². The second kappa shape index (κ2) is 4.15. The van der Waals surface area contributed by atoms with Gasteiger partial charge >= 0.3 is 0 Å². The molecule has 0 heterocycles. The monoisotopic (exact) mass is 201 g/mol. The van der Waals surface area contributed by atoms with Crippen molar-refractivity contribution in [1.29, 1.82) is 0 Å². The number of rotatable bonds is 2. The first kappa shape index (κ1) is 10.6. The lowest BCUT2D eigenvalue weighted by molar-refractivity contribution is -0.0762. The third kappa shape index (κ3) is 1.88. The molecule has 0 aliphatic carbocycles. The summed E-state index contributed by atoms with van der Waals surface area (Å²) >= 11 is 0. The van der Waals surface area contributed by atoms with E-state index in [9.17, 15) is 13.6 Å². The van der Waals surface area contributed by atoms with Crippen molar-refractivity contribution < 1.29 is 18.4 Å². The van der Waals surface area contributed by atoms with E-state index in [4.69, 9.17) is 0 Å². The van der Waals surface area contributed by atoms with Crippen LogP contribution in [-0.4, -0.2) is 25.1 Å². The van der Waals surface area contributed by atoms with Gasteiger partial charge in [0.2, 0.25) is 0 Å². The summed E-state index contributed by atoms with van der Waals surface area (Å²) < 4.78 is 26.1. The lowest BCUT2D eigenvalue weighted by atomic mass is 10.2. The maximum atomic E-state index is 13.1. The lowest BCUT2D eigenvalue weighted by Gasteiger charge is -2.14. The minimum atomic E-state index is -0.904. The van der Waals surface area contributed by atoms with Crippen LogP contribution in [0.3, 0.4) is 0 Å². The number of amides is 1.